The van der Waals surface area contributed by atoms with Gasteiger partial charge in [0, 0.05) is 0 Å². The first-order valence-corrected chi connectivity index (χ1v) is 9.90. The molecule has 0 N–H and O–H groups in total. The molecule has 28 heavy (non-hydrogen) atoms. The summed E-state index contributed by atoms with van der Waals surface area (Å²) in [5.74, 6) is 1.52. The Morgan fingerprint density at radius 3 is 2.43 bits per heavy atom. The maximum atomic E-state index is 12.2. The molecule has 1 saturated carbocycles. The molecule has 0 bridgehead atoms. The van der Waals surface area contributed by atoms with Gasteiger partial charge < -0.3 is 18.9 Å². The second kappa shape index (κ2) is 10.3. The number of carbonyl (C=O) groups excluding carboxylic acids is 2. The molecule has 0 radical (unpaired) electrons. The van der Waals surface area contributed by atoms with Crippen LogP contribution in [0.15, 0.2) is 18.2 Å². The van der Waals surface area contributed by atoms with Crippen molar-refractivity contribution in [1.29, 1.82) is 0 Å². The molecule has 0 amide bonds. The van der Waals surface area contributed by atoms with Crippen molar-refractivity contribution < 1.29 is 28.5 Å². The lowest BCUT2D eigenvalue weighted by molar-refractivity contribution is -0.166. The monoisotopic (exact) mass is 392 g/mol. The second-order valence-corrected chi connectivity index (χ2v) is 7.88. The van der Waals surface area contributed by atoms with Gasteiger partial charge in [-0.15, -0.1) is 0 Å². The van der Waals surface area contributed by atoms with E-state index in [2.05, 4.69) is 20.8 Å². The van der Waals surface area contributed by atoms with Crippen molar-refractivity contribution in [3.8, 4) is 11.5 Å². The van der Waals surface area contributed by atoms with Gasteiger partial charge in [-0.1, -0.05) is 33.3 Å². The van der Waals surface area contributed by atoms with Crippen molar-refractivity contribution in [1.82, 2.24) is 0 Å². The van der Waals surface area contributed by atoms with Crippen molar-refractivity contribution in [3.05, 3.63) is 23.8 Å². The minimum absolute atomic E-state index is 0.0444. The smallest absolute Gasteiger partial charge is 0.344 e. The highest BCUT2D eigenvalue weighted by Gasteiger charge is 2.33. The molecule has 0 spiro atoms. The number of hydrogen-bond acceptors (Lipinski definition) is 6. The molecule has 1 aromatic rings. The molecule has 0 unspecified atom stereocenters. The molecule has 6 nitrogen and oxygen atoms in total. The quantitative estimate of drug-likeness (QED) is 0.627. The Morgan fingerprint density at radius 1 is 1.07 bits per heavy atom. The number of methoxy groups -OCH3 is 2. The molecule has 6 heteroatoms. The number of ether oxygens (including phenoxy) is 4. The Hall–Kier alpha value is -2.24. The van der Waals surface area contributed by atoms with Crippen LogP contribution >= 0.6 is 0 Å². The van der Waals surface area contributed by atoms with Gasteiger partial charge in [-0.25, -0.2) is 4.79 Å². The molecular formula is C22H32O6. The van der Waals surface area contributed by atoms with Crippen molar-refractivity contribution in [2.24, 2.45) is 17.8 Å². The third-order valence-electron chi connectivity index (χ3n) is 5.39. The summed E-state index contributed by atoms with van der Waals surface area (Å²) in [6.45, 7) is 6.14. The van der Waals surface area contributed by atoms with E-state index in [1.165, 1.54) is 7.11 Å². The van der Waals surface area contributed by atoms with E-state index in [-0.39, 0.29) is 19.1 Å². The van der Waals surface area contributed by atoms with E-state index in [0.29, 0.717) is 29.3 Å². The summed E-state index contributed by atoms with van der Waals surface area (Å²) in [6, 6.07) is 5.21. The second-order valence-electron chi connectivity index (χ2n) is 7.88. The minimum Gasteiger partial charge on any atom is -0.493 e. The van der Waals surface area contributed by atoms with E-state index in [1.54, 1.807) is 25.3 Å². The zero-order chi connectivity index (χ0) is 20.7. The van der Waals surface area contributed by atoms with Gasteiger partial charge in [0.25, 0.3) is 0 Å². The summed E-state index contributed by atoms with van der Waals surface area (Å²) < 4.78 is 21.2. The van der Waals surface area contributed by atoms with Gasteiger partial charge in [0.05, 0.1) is 20.6 Å². The first-order valence-electron chi connectivity index (χ1n) is 9.90. The fourth-order valence-electron chi connectivity index (χ4n) is 3.80. The fourth-order valence-corrected chi connectivity index (χ4v) is 3.80. The van der Waals surface area contributed by atoms with Crippen LogP contribution < -0.4 is 9.47 Å². The van der Waals surface area contributed by atoms with E-state index >= 15 is 0 Å². The van der Waals surface area contributed by atoms with Crippen LogP contribution in [-0.4, -0.2) is 38.9 Å². The van der Waals surface area contributed by atoms with Crippen LogP contribution in [0, 0.1) is 17.8 Å². The highest BCUT2D eigenvalue weighted by Crippen LogP contribution is 2.35. The van der Waals surface area contributed by atoms with Crippen molar-refractivity contribution >= 4 is 11.9 Å². The molecule has 0 aromatic heterocycles. The molecule has 156 valence electrons. The number of benzene rings is 1. The van der Waals surface area contributed by atoms with Crippen LogP contribution in [0.2, 0.25) is 0 Å². The Kier molecular flexibility index (Phi) is 8.15. The van der Waals surface area contributed by atoms with Crippen LogP contribution in [0.3, 0.4) is 0 Å². The molecule has 1 aliphatic carbocycles. The molecule has 0 aliphatic heterocycles. The molecule has 3 atom stereocenters. The standard InChI is InChI=1S/C22H32O6/c1-14(2)17-8-6-15(3)10-19(17)28-22(24)13-27-21(23)12-16-7-9-18(25-4)20(11-16)26-5/h7,9,11,14-15,17,19H,6,8,10,12-13H2,1-5H3/t15-,17-,19+/m1/s1. The number of rotatable bonds is 8. The maximum absolute atomic E-state index is 12.2. The van der Waals surface area contributed by atoms with Crippen molar-refractivity contribution in [2.75, 3.05) is 20.8 Å². The van der Waals surface area contributed by atoms with Crippen LogP contribution in [0.1, 0.15) is 45.6 Å². The average molecular weight is 392 g/mol. The van der Waals surface area contributed by atoms with E-state index in [0.717, 1.165) is 24.8 Å². The predicted octanol–water partition coefficient (Wildman–Crippen LogP) is 3.79. The molecule has 1 aromatic carbocycles. The minimum atomic E-state index is -0.485. The average Bonchev–Trinajstić information content (AvgIpc) is 2.66. The topological polar surface area (TPSA) is 71.1 Å². The van der Waals surface area contributed by atoms with Gasteiger partial charge >= 0.3 is 11.9 Å². The summed E-state index contributed by atoms with van der Waals surface area (Å²) in [5.41, 5.74) is 0.719. The lowest BCUT2D eigenvalue weighted by Crippen LogP contribution is -2.36. The molecule has 1 fully saturated rings. The molecule has 2 rings (SSSR count). The largest absolute Gasteiger partial charge is 0.493 e. The number of hydrogen-bond donors (Lipinski definition) is 0. The van der Waals surface area contributed by atoms with E-state index in [9.17, 15) is 9.59 Å². The van der Waals surface area contributed by atoms with Gasteiger partial charge in [0.2, 0.25) is 0 Å². The molecule has 0 heterocycles. The molecular weight excluding hydrogens is 360 g/mol. The third-order valence-corrected chi connectivity index (χ3v) is 5.39. The van der Waals surface area contributed by atoms with E-state index in [1.807, 2.05) is 0 Å². The van der Waals surface area contributed by atoms with Gasteiger partial charge in [0.1, 0.15) is 6.10 Å². The Bertz CT molecular complexity index is 669. The molecule has 0 saturated heterocycles. The summed E-state index contributed by atoms with van der Waals surface area (Å²) >= 11 is 0. The number of esters is 2. The van der Waals surface area contributed by atoms with E-state index < -0.39 is 11.9 Å². The zero-order valence-corrected chi connectivity index (χ0v) is 17.5. The first kappa shape index (κ1) is 22.1. The van der Waals surface area contributed by atoms with Gasteiger partial charge in [-0.3, -0.25) is 4.79 Å². The first-order chi connectivity index (χ1) is 13.3. The van der Waals surface area contributed by atoms with Crippen molar-refractivity contribution in [3.63, 3.8) is 0 Å². The fraction of sp³-hybridized carbons (Fsp3) is 0.636. The Labute approximate surface area is 167 Å². The van der Waals surface area contributed by atoms with Crippen LogP contribution in [0.4, 0.5) is 0 Å². The summed E-state index contributed by atoms with van der Waals surface area (Å²) in [4.78, 5) is 24.3. The molecule has 1 aliphatic rings. The summed E-state index contributed by atoms with van der Waals surface area (Å²) in [7, 11) is 3.08. The predicted molar refractivity (Wildman–Crippen MR) is 105 cm³/mol. The Morgan fingerprint density at radius 2 is 1.79 bits per heavy atom. The Balaban J connectivity index is 1.84. The lowest BCUT2D eigenvalue weighted by Gasteiger charge is -2.36. The van der Waals surface area contributed by atoms with Gasteiger partial charge in [-0.2, -0.15) is 0 Å². The number of carbonyl (C=O) groups is 2. The SMILES string of the molecule is COc1ccc(CC(=O)OCC(=O)O[C@H]2C[C@H](C)CC[C@@H]2C(C)C)cc1OC. The maximum Gasteiger partial charge on any atom is 0.344 e. The lowest BCUT2D eigenvalue weighted by atomic mass is 9.75. The summed E-state index contributed by atoms with van der Waals surface area (Å²) in [6.07, 6.45) is 3.05. The van der Waals surface area contributed by atoms with Crippen LogP contribution in [0.25, 0.3) is 0 Å². The highest BCUT2D eigenvalue weighted by atomic mass is 16.6. The third kappa shape index (κ3) is 6.14. The van der Waals surface area contributed by atoms with Gasteiger partial charge in [-0.05, 0) is 48.3 Å². The summed E-state index contributed by atoms with van der Waals surface area (Å²) in [5, 5.41) is 0. The highest BCUT2D eigenvalue weighted by molar-refractivity contribution is 5.78. The van der Waals surface area contributed by atoms with Crippen LogP contribution in [-0.2, 0) is 25.5 Å². The van der Waals surface area contributed by atoms with Gasteiger partial charge in [0.15, 0.2) is 18.1 Å². The van der Waals surface area contributed by atoms with Crippen molar-refractivity contribution in [2.45, 2.75) is 52.6 Å². The normalized spacial score (nSPS) is 21.9. The zero-order valence-electron chi connectivity index (χ0n) is 17.5. The van der Waals surface area contributed by atoms with E-state index in [4.69, 9.17) is 18.9 Å². The van der Waals surface area contributed by atoms with Crippen LogP contribution in [0.5, 0.6) is 11.5 Å².